The van der Waals surface area contributed by atoms with Crippen LogP contribution >= 0.6 is 12.4 Å². The van der Waals surface area contributed by atoms with E-state index in [1.54, 1.807) is 0 Å². The zero-order valence-electron chi connectivity index (χ0n) is 11.2. The van der Waals surface area contributed by atoms with Gasteiger partial charge in [-0.3, -0.25) is 4.79 Å². The minimum Gasteiger partial charge on any atom is -0.353 e. The van der Waals surface area contributed by atoms with Crippen LogP contribution in [0.2, 0.25) is 0 Å². The van der Waals surface area contributed by atoms with Crippen molar-refractivity contribution in [3.8, 4) is 0 Å². The fraction of sp³-hybridized carbons (Fsp3) is 0.917. The van der Waals surface area contributed by atoms with Crippen molar-refractivity contribution in [3.63, 3.8) is 0 Å². The second-order valence-corrected chi connectivity index (χ2v) is 4.62. The third kappa shape index (κ3) is 7.94. The van der Waals surface area contributed by atoms with Crippen molar-refractivity contribution in [1.29, 1.82) is 0 Å². The van der Waals surface area contributed by atoms with E-state index in [-0.39, 0.29) is 30.3 Å². The first kappa shape index (κ1) is 18.1. The molecule has 3 atom stereocenters. The first-order valence-electron chi connectivity index (χ1n) is 5.96. The molecule has 4 heteroatoms. The molecule has 0 saturated carbocycles. The number of halogens is 1. The second-order valence-electron chi connectivity index (χ2n) is 4.62. The number of amides is 1. The molecular weight excluding hydrogens is 224 g/mol. The van der Waals surface area contributed by atoms with Gasteiger partial charge in [-0.25, -0.2) is 0 Å². The van der Waals surface area contributed by atoms with E-state index in [9.17, 15) is 4.79 Å². The lowest BCUT2D eigenvalue weighted by Gasteiger charge is -2.19. The molecule has 0 aliphatic heterocycles. The van der Waals surface area contributed by atoms with E-state index in [1.807, 2.05) is 14.0 Å². The second kappa shape index (κ2) is 9.91. The minimum atomic E-state index is 0. The van der Waals surface area contributed by atoms with Crippen molar-refractivity contribution in [2.24, 2.45) is 11.8 Å². The lowest BCUT2D eigenvalue weighted by Crippen LogP contribution is -2.40. The van der Waals surface area contributed by atoms with Gasteiger partial charge in [-0.15, -0.1) is 12.4 Å². The molecule has 16 heavy (non-hydrogen) atoms. The molecule has 0 rings (SSSR count). The van der Waals surface area contributed by atoms with Crippen LogP contribution in [0.5, 0.6) is 0 Å². The van der Waals surface area contributed by atoms with Crippen LogP contribution in [-0.2, 0) is 4.79 Å². The number of carbonyl (C=O) groups excluding carboxylic acids is 1. The molecule has 0 aromatic rings. The summed E-state index contributed by atoms with van der Waals surface area (Å²) in [6.45, 7) is 9.17. The van der Waals surface area contributed by atoms with Gasteiger partial charge in [0, 0.05) is 18.5 Å². The summed E-state index contributed by atoms with van der Waals surface area (Å²) in [6, 6.07) is 0.284. The Morgan fingerprint density at radius 1 is 1.25 bits per heavy atom. The molecule has 0 aromatic carbocycles. The largest absolute Gasteiger partial charge is 0.353 e. The van der Waals surface area contributed by atoms with Gasteiger partial charge in [0.1, 0.15) is 0 Å². The standard InChI is InChI=1S/C12H26N2O.ClH/c1-6-9(2)7-11(4)14-12(15)10(3)8-13-5;/h9-11,13H,6-8H2,1-5H3,(H,14,15);1H. The van der Waals surface area contributed by atoms with E-state index in [1.165, 1.54) is 6.42 Å². The van der Waals surface area contributed by atoms with Crippen molar-refractivity contribution in [2.45, 2.75) is 46.6 Å². The van der Waals surface area contributed by atoms with Gasteiger partial charge in [0.2, 0.25) is 5.91 Å². The molecule has 0 heterocycles. The Bertz CT molecular complexity index is 188. The summed E-state index contributed by atoms with van der Waals surface area (Å²) in [7, 11) is 1.87. The lowest BCUT2D eigenvalue weighted by molar-refractivity contribution is -0.125. The topological polar surface area (TPSA) is 41.1 Å². The monoisotopic (exact) mass is 250 g/mol. The lowest BCUT2D eigenvalue weighted by atomic mass is 10.00. The van der Waals surface area contributed by atoms with E-state index in [0.717, 1.165) is 13.0 Å². The molecule has 0 bridgehead atoms. The highest BCUT2D eigenvalue weighted by Gasteiger charge is 2.15. The minimum absolute atomic E-state index is 0. The van der Waals surface area contributed by atoms with Crippen LogP contribution in [-0.4, -0.2) is 25.5 Å². The molecular formula is C12H27ClN2O. The fourth-order valence-electron chi connectivity index (χ4n) is 1.61. The number of carbonyl (C=O) groups is 1. The predicted octanol–water partition coefficient (Wildman–Crippen LogP) is 2.20. The molecule has 0 saturated heterocycles. The summed E-state index contributed by atoms with van der Waals surface area (Å²) in [4.78, 5) is 11.7. The van der Waals surface area contributed by atoms with Crippen LogP contribution in [0, 0.1) is 11.8 Å². The van der Waals surface area contributed by atoms with Crippen molar-refractivity contribution in [3.05, 3.63) is 0 Å². The number of rotatable bonds is 7. The number of hydrogen-bond donors (Lipinski definition) is 2. The molecule has 98 valence electrons. The summed E-state index contributed by atoms with van der Waals surface area (Å²) >= 11 is 0. The van der Waals surface area contributed by atoms with Gasteiger partial charge in [-0.05, 0) is 26.3 Å². The highest BCUT2D eigenvalue weighted by atomic mass is 35.5. The van der Waals surface area contributed by atoms with Crippen LogP contribution in [0.4, 0.5) is 0 Å². The molecule has 0 fully saturated rings. The Kier molecular flexibility index (Phi) is 11.2. The Morgan fingerprint density at radius 3 is 2.25 bits per heavy atom. The van der Waals surface area contributed by atoms with Gasteiger partial charge in [0.05, 0.1) is 0 Å². The van der Waals surface area contributed by atoms with E-state index in [0.29, 0.717) is 5.92 Å². The van der Waals surface area contributed by atoms with E-state index in [4.69, 9.17) is 0 Å². The molecule has 0 radical (unpaired) electrons. The summed E-state index contributed by atoms with van der Waals surface area (Å²) < 4.78 is 0. The zero-order valence-corrected chi connectivity index (χ0v) is 12.0. The van der Waals surface area contributed by atoms with Crippen molar-refractivity contribution >= 4 is 18.3 Å². The highest BCUT2D eigenvalue weighted by Crippen LogP contribution is 2.09. The maximum atomic E-state index is 11.7. The first-order valence-corrected chi connectivity index (χ1v) is 5.96. The maximum Gasteiger partial charge on any atom is 0.224 e. The van der Waals surface area contributed by atoms with E-state index < -0.39 is 0 Å². The maximum absolute atomic E-state index is 11.7. The molecule has 3 nitrogen and oxygen atoms in total. The normalized spacial score (nSPS) is 15.8. The molecule has 0 aliphatic carbocycles. The van der Waals surface area contributed by atoms with Gasteiger partial charge < -0.3 is 10.6 Å². The smallest absolute Gasteiger partial charge is 0.224 e. The SMILES string of the molecule is CCC(C)CC(C)NC(=O)C(C)CNC.Cl. The van der Waals surface area contributed by atoms with Gasteiger partial charge >= 0.3 is 0 Å². The van der Waals surface area contributed by atoms with Crippen LogP contribution in [0.25, 0.3) is 0 Å². The molecule has 0 aromatic heterocycles. The number of nitrogens with one attached hydrogen (secondary N) is 2. The van der Waals surface area contributed by atoms with E-state index in [2.05, 4.69) is 31.4 Å². The van der Waals surface area contributed by atoms with Gasteiger partial charge in [-0.2, -0.15) is 0 Å². The molecule has 1 amide bonds. The van der Waals surface area contributed by atoms with Crippen molar-refractivity contribution in [2.75, 3.05) is 13.6 Å². The summed E-state index contributed by atoms with van der Waals surface area (Å²) in [6.07, 6.45) is 2.24. The van der Waals surface area contributed by atoms with Crippen LogP contribution in [0.15, 0.2) is 0 Å². The van der Waals surface area contributed by atoms with Crippen LogP contribution in [0.1, 0.15) is 40.5 Å². The van der Waals surface area contributed by atoms with E-state index >= 15 is 0 Å². The highest BCUT2D eigenvalue weighted by molar-refractivity contribution is 5.85. The first-order chi connectivity index (χ1) is 7.01. The molecule has 0 spiro atoms. The third-order valence-electron chi connectivity index (χ3n) is 2.80. The Hall–Kier alpha value is -0.280. The zero-order chi connectivity index (χ0) is 11.8. The Morgan fingerprint density at radius 2 is 1.81 bits per heavy atom. The van der Waals surface area contributed by atoms with Crippen LogP contribution in [0.3, 0.4) is 0 Å². The average Bonchev–Trinajstić information content (AvgIpc) is 2.17. The average molecular weight is 251 g/mol. The van der Waals surface area contributed by atoms with Crippen LogP contribution < -0.4 is 10.6 Å². The quantitative estimate of drug-likeness (QED) is 0.728. The van der Waals surface area contributed by atoms with Crippen molar-refractivity contribution < 1.29 is 4.79 Å². The van der Waals surface area contributed by atoms with Gasteiger partial charge in [0.25, 0.3) is 0 Å². The molecule has 3 unspecified atom stereocenters. The summed E-state index contributed by atoms with van der Waals surface area (Å²) in [5, 5.41) is 6.06. The number of hydrogen-bond acceptors (Lipinski definition) is 2. The summed E-state index contributed by atoms with van der Waals surface area (Å²) in [5.41, 5.74) is 0. The Labute approximate surface area is 106 Å². The third-order valence-corrected chi connectivity index (χ3v) is 2.80. The van der Waals surface area contributed by atoms with Gasteiger partial charge in [0.15, 0.2) is 0 Å². The Balaban J connectivity index is 0. The van der Waals surface area contributed by atoms with Crippen molar-refractivity contribution in [1.82, 2.24) is 10.6 Å². The summed E-state index contributed by atoms with van der Waals surface area (Å²) in [5.74, 6) is 0.884. The fourth-order valence-corrected chi connectivity index (χ4v) is 1.61. The predicted molar refractivity (Wildman–Crippen MR) is 72.0 cm³/mol. The molecule has 2 N–H and O–H groups in total. The molecule has 0 aliphatic rings. The van der Waals surface area contributed by atoms with Gasteiger partial charge in [-0.1, -0.05) is 27.2 Å².